The van der Waals surface area contributed by atoms with Gasteiger partial charge in [-0.15, -0.1) is 5.10 Å². The number of hydrogen-bond acceptors (Lipinski definition) is 3. The van der Waals surface area contributed by atoms with Crippen molar-refractivity contribution in [1.82, 2.24) is 15.0 Å². The first-order chi connectivity index (χ1) is 7.88. The van der Waals surface area contributed by atoms with Gasteiger partial charge in [0.25, 0.3) is 0 Å². The number of halogens is 2. The number of hydrogen-bond donors (Lipinski definition) is 1. The number of benzene rings is 1. The van der Waals surface area contributed by atoms with Crippen LogP contribution in [0.3, 0.4) is 0 Å². The van der Waals surface area contributed by atoms with E-state index in [0.29, 0.717) is 15.7 Å². The monoisotopic (exact) mass is 270 g/mol. The largest absolute Gasteiger partial charge is 0.320 e. The van der Waals surface area contributed by atoms with E-state index in [2.05, 4.69) is 10.3 Å². The third kappa shape index (κ3) is 2.60. The molecule has 0 spiro atoms. The van der Waals surface area contributed by atoms with Crippen LogP contribution in [0.5, 0.6) is 0 Å². The molecule has 90 valence electrons. The van der Waals surface area contributed by atoms with Crippen molar-refractivity contribution in [2.45, 2.75) is 19.4 Å². The molecule has 2 aromatic rings. The van der Waals surface area contributed by atoms with Crippen LogP contribution in [0.25, 0.3) is 5.69 Å². The molecule has 1 aromatic carbocycles. The van der Waals surface area contributed by atoms with Gasteiger partial charge in [0.05, 0.1) is 27.5 Å². The van der Waals surface area contributed by atoms with Crippen LogP contribution in [0.15, 0.2) is 24.4 Å². The van der Waals surface area contributed by atoms with E-state index in [9.17, 15) is 0 Å². The molecule has 1 heterocycles. The van der Waals surface area contributed by atoms with E-state index < -0.39 is 5.54 Å². The second-order valence-corrected chi connectivity index (χ2v) is 5.18. The number of aromatic nitrogens is 3. The molecule has 0 saturated carbocycles. The van der Waals surface area contributed by atoms with Gasteiger partial charge in [-0.3, -0.25) is 0 Å². The molecule has 0 aliphatic carbocycles. The first kappa shape index (κ1) is 12.4. The lowest BCUT2D eigenvalue weighted by Crippen LogP contribution is -2.29. The Kier molecular flexibility index (Phi) is 3.12. The van der Waals surface area contributed by atoms with Gasteiger partial charge in [0.2, 0.25) is 0 Å². The summed E-state index contributed by atoms with van der Waals surface area (Å²) < 4.78 is 1.62. The Morgan fingerprint density at radius 2 is 1.94 bits per heavy atom. The summed E-state index contributed by atoms with van der Waals surface area (Å²) in [7, 11) is 0. The Labute approximate surface area is 109 Å². The molecule has 1 aromatic heterocycles. The van der Waals surface area contributed by atoms with Gasteiger partial charge in [-0.05, 0) is 32.0 Å². The molecule has 0 bridgehead atoms. The maximum atomic E-state index is 5.94. The van der Waals surface area contributed by atoms with Crippen molar-refractivity contribution in [2.24, 2.45) is 5.73 Å². The van der Waals surface area contributed by atoms with Gasteiger partial charge in [-0.2, -0.15) is 0 Å². The molecule has 0 aliphatic rings. The van der Waals surface area contributed by atoms with Crippen molar-refractivity contribution in [1.29, 1.82) is 0 Å². The molecule has 2 rings (SSSR count). The Morgan fingerprint density at radius 1 is 1.24 bits per heavy atom. The molecule has 0 saturated heterocycles. The summed E-state index contributed by atoms with van der Waals surface area (Å²) in [5.74, 6) is 0. The minimum atomic E-state index is -0.519. The van der Waals surface area contributed by atoms with E-state index in [1.165, 1.54) is 0 Å². The van der Waals surface area contributed by atoms with Crippen molar-refractivity contribution in [3.8, 4) is 5.69 Å². The SMILES string of the molecule is CC(C)(N)c1cn(-c2ccc(Cl)c(Cl)c2)nn1. The topological polar surface area (TPSA) is 56.7 Å². The van der Waals surface area contributed by atoms with Gasteiger partial charge in [-0.25, -0.2) is 4.68 Å². The maximum absolute atomic E-state index is 5.94. The van der Waals surface area contributed by atoms with Crippen LogP contribution in [-0.2, 0) is 5.54 Å². The molecular formula is C11H12Cl2N4. The average molecular weight is 271 g/mol. The summed E-state index contributed by atoms with van der Waals surface area (Å²) in [6.07, 6.45) is 1.78. The van der Waals surface area contributed by atoms with E-state index >= 15 is 0 Å². The van der Waals surface area contributed by atoms with Gasteiger partial charge in [0.15, 0.2) is 0 Å². The summed E-state index contributed by atoms with van der Waals surface area (Å²) in [6, 6.07) is 5.26. The number of rotatable bonds is 2. The molecule has 0 atom stereocenters. The minimum absolute atomic E-state index is 0.480. The summed E-state index contributed by atoms with van der Waals surface area (Å²) in [5.41, 5.74) is 6.93. The zero-order valence-electron chi connectivity index (χ0n) is 9.48. The van der Waals surface area contributed by atoms with Crippen LogP contribution in [0.4, 0.5) is 0 Å². The maximum Gasteiger partial charge on any atom is 0.102 e. The lowest BCUT2D eigenvalue weighted by atomic mass is 10.0. The first-order valence-corrected chi connectivity index (χ1v) is 5.80. The lowest BCUT2D eigenvalue weighted by Gasteiger charge is -2.13. The summed E-state index contributed by atoms with van der Waals surface area (Å²) in [5, 5.41) is 9.03. The van der Waals surface area contributed by atoms with Crippen LogP contribution in [0.1, 0.15) is 19.5 Å². The number of nitrogens with zero attached hydrogens (tertiary/aromatic N) is 3. The van der Waals surface area contributed by atoms with Crippen LogP contribution >= 0.6 is 23.2 Å². The van der Waals surface area contributed by atoms with Crippen molar-refractivity contribution < 1.29 is 0 Å². The van der Waals surface area contributed by atoms with Gasteiger partial charge in [0.1, 0.15) is 5.69 Å². The zero-order chi connectivity index (χ0) is 12.6. The van der Waals surface area contributed by atoms with E-state index in [1.807, 2.05) is 19.9 Å². The van der Waals surface area contributed by atoms with Crippen LogP contribution in [0.2, 0.25) is 10.0 Å². The van der Waals surface area contributed by atoms with Gasteiger partial charge in [0, 0.05) is 0 Å². The van der Waals surface area contributed by atoms with Gasteiger partial charge in [-0.1, -0.05) is 28.4 Å². The second kappa shape index (κ2) is 4.29. The van der Waals surface area contributed by atoms with Crippen molar-refractivity contribution in [3.05, 3.63) is 40.1 Å². The van der Waals surface area contributed by atoms with E-state index in [-0.39, 0.29) is 0 Å². The highest BCUT2D eigenvalue weighted by molar-refractivity contribution is 6.42. The molecule has 0 amide bonds. The highest BCUT2D eigenvalue weighted by atomic mass is 35.5. The summed E-state index contributed by atoms with van der Waals surface area (Å²) >= 11 is 11.8. The molecular weight excluding hydrogens is 259 g/mol. The molecule has 2 N–H and O–H groups in total. The highest BCUT2D eigenvalue weighted by Gasteiger charge is 2.18. The van der Waals surface area contributed by atoms with Crippen molar-refractivity contribution >= 4 is 23.2 Å². The van der Waals surface area contributed by atoms with Gasteiger partial charge >= 0.3 is 0 Å². The molecule has 17 heavy (non-hydrogen) atoms. The Bertz CT molecular complexity index is 543. The summed E-state index contributed by atoms with van der Waals surface area (Å²) in [6.45, 7) is 3.74. The average Bonchev–Trinajstić information content (AvgIpc) is 2.70. The third-order valence-electron chi connectivity index (χ3n) is 2.32. The molecule has 0 unspecified atom stereocenters. The molecule has 4 nitrogen and oxygen atoms in total. The van der Waals surface area contributed by atoms with E-state index in [1.54, 1.807) is 23.0 Å². The molecule has 0 radical (unpaired) electrons. The smallest absolute Gasteiger partial charge is 0.102 e. The van der Waals surface area contributed by atoms with Crippen LogP contribution in [0, 0.1) is 0 Å². The predicted molar refractivity (Wildman–Crippen MR) is 68.6 cm³/mol. The molecule has 0 aliphatic heterocycles. The predicted octanol–water partition coefficient (Wildman–Crippen LogP) is 2.77. The fraction of sp³-hybridized carbons (Fsp3) is 0.273. The Morgan fingerprint density at radius 3 is 2.47 bits per heavy atom. The normalized spacial score (nSPS) is 11.8. The number of nitrogens with two attached hydrogens (primary N) is 1. The first-order valence-electron chi connectivity index (χ1n) is 5.05. The Hall–Kier alpha value is -1.10. The highest BCUT2D eigenvalue weighted by Crippen LogP contribution is 2.24. The fourth-order valence-electron chi connectivity index (χ4n) is 1.31. The summed E-state index contributed by atoms with van der Waals surface area (Å²) in [4.78, 5) is 0. The van der Waals surface area contributed by atoms with Crippen LogP contribution in [-0.4, -0.2) is 15.0 Å². The third-order valence-corrected chi connectivity index (χ3v) is 3.06. The van der Waals surface area contributed by atoms with E-state index in [4.69, 9.17) is 28.9 Å². The molecule has 0 fully saturated rings. The second-order valence-electron chi connectivity index (χ2n) is 4.37. The minimum Gasteiger partial charge on any atom is -0.320 e. The van der Waals surface area contributed by atoms with Gasteiger partial charge < -0.3 is 5.73 Å². The zero-order valence-corrected chi connectivity index (χ0v) is 11.0. The Balaban J connectivity index is 2.40. The van der Waals surface area contributed by atoms with Crippen LogP contribution < -0.4 is 5.73 Å². The van der Waals surface area contributed by atoms with Crippen molar-refractivity contribution in [3.63, 3.8) is 0 Å². The lowest BCUT2D eigenvalue weighted by molar-refractivity contribution is 0.533. The molecule has 6 heteroatoms. The fourth-order valence-corrected chi connectivity index (χ4v) is 1.61. The van der Waals surface area contributed by atoms with E-state index in [0.717, 1.165) is 5.69 Å². The van der Waals surface area contributed by atoms with Crippen molar-refractivity contribution in [2.75, 3.05) is 0 Å². The quantitative estimate of drug-likeness (QED) is 0.913. The standard InChI is InChI=1S/C11H12Cl2N4/c1-11(2,14)10-6-17(16-15-10)7-3-4-8(12)9(13)5-7/h3-6H,14H2,1-2H3.